The Morgan fingerprint density at radius 3 is 2.28 bits per heavy atom. The molecule has 8 nitrogen and oxygen atoms in total. The van der Waals surface area contributed by atoms with Crippen LogP contribution >= 0.6 is 11.6 Å². The summed E-state index contributed by atoms with van der Waals surface area (Å²) >= 11 is 6.61. The molecule has 2 aromatic rings. The summed E-state index contributed by atoms with van der Waals surface area (Å²) in [5.41, 5.74) is -3.83. The van der Waals surface area contributed by atoms with E-state index in [1.807, 2.05) is 0 Å². The average Bonchev–Trinajstić information content (AvgIpc) is 3.15. The molecule has 0 radical (unpaired) electrons. The lowest BCUT2D eigenvalue weighted by Crippen LogP contribution is -2.34. The number of halogens is 6. The monoisotopic (exact) mass is 657 g/mol. The van der Waals surface area contributed by atoms with E-state index in [2.05, 4.69) is 15.2 Å². The Hall–Kier alpha value is -2.45. The van der Waals surface area contributed by atoms with Crippen LogP contribution in [0.3, 0.4) is 0 Å². The Kier molecular flexibility index (Phi) is 10.5. The third-order valence-corrected chi connectivity index (χ3v) is 9.57. The molecule has 43 heavy (non-hydrogen) atoms. The SMILES string of the molecule is CC(C)(O)Cn1nc(C(=O)NCC2CCC(S(C)(=O)=O)CC2)c(Cl)c1-c1ccc(CC(C)(C)C(F)(F)F)cc1OC(F)F. The molecule has 2 N–H and O–H groups in total. The van der Waals surface area contributed by atoms with Crippen LogP contribution in [0.2, 0.25) is 5.02 Å². The fraction of sp³-hybridized carbons (Fsp3) is 0.643. The lowest BCUT2D eigenvalue weighted by atomic mass is 9.84. The zero-order valence-corrected chi connectivity index (χ0v) is 26.1. The van der Waals surface area contributed by atoms with Gasteiger partial charge in [-0.1, -0.05) is 31.5 Å². The number of carbonyl (C=O) groups is 1. The number of hydrogen-bond acceptors (Lipinski definition) is 6. The fourth-order valence-corrected chi connectivity index (χ4v) is 6.54. The quantitative estimate of drug-likeness (QED) is 0.285. The highest BCUT2D eigenvalue weighted by Crippen LogP contribution is 2.43. The van der Waals surface area contributed by atoms with E-state index in [9.17, 15) is 40.3 Å². The van der Waals surface area contributed by atoms with E-state index >= 15 is 0 Å². The van der Waals surface area contributed by atoms with Gasteiger partial charge in [0, 0.05) is 18.4 Å². The Morgan fingerprint density at radius 1 is 1.16 bits per heavy atom. The first-order valence-corrected chi connectivity index (χ1v) is 16.0. The highest BCUT2D eigenvalue weighted by molar-refractivity contribution is 7.91. The molecule has 3 rings (SSSR count). The lowest BCUT2D eigenvalue weighted by Gasteiger charge is -2.28. The minimum atomic E-state index is -4.56. The first-order chi connectivity index (χ1) is 19.6. The van der Waals surface area contributed by atoms with Crippen molar-refractivity contribution in [1.29, 1.82) is 0 Å². The van der Waals surface area contributed by atoms with Gasteiger partial charge >= 0.3 is 12.8 Å². The molecule has 0 saturated heterocycles. The molecule has 0 spiro atoms. The minimum Gasteiger partial charge on any atom is -0.434 e. The van der Waals surface area contributed by atoms with Crippen molar-refractivity contribution in [2.45, 2.75) is 90.0 Å². The second-order valence-corrected chi connectivity index (χ2v) is 15.1. The predicted molar refractivity (Wildman–Crippen MR) is 152 cm³/mol. The van der Waals surface area contributed by atoms with E-state index in [1.165, 1.54) is 36.9 Å². The normalized spacial score (nSPS) is 18.6. The minimum absolute atomic E-state index is 0.0261. The number of alkyl halides is 5. The second-order valence-electron chi connectivity index (χ2n) is 12.4. The smallest absolute Gasteiger partial charge is 0.394 e. The number of carbonyl (C=O) groups excluding carboxylic acids is 1. The van der Waals surface area contributed by atoms with Crippen LogP contribution in [-0.2, 0) is 22.8 Å². The van der Waals surface area contributed by atoms with Crippen molar-refractivity contribution in [3.63, 3.8) is 0 Å². The Morgan fingerprint density at radius 2 is 1.77 bits per heavy atom. The van der Waals surface area contributed by atoms with Crippen molar-refractivity contribution in [1.82, 2.24) is 15.1 Å². The molecule has 1 fully saturated rings. The summed E-state index contributed by atoms with van der Waals surface area (Å²) in [6, 6.07) is 3.66. The molecular formula is C28H37ClF5N3O5S. The van der Waals surface area contributed by atoms with Crippen LogP contribution in [0.5, 0.6) is 5.75 Å². The Labute approximate surface area is 252 Å². The molecule has 0 atom stereocenters. The van der Waals surface area contributed by atoms with E-state index in [-0.39, 0.29) is 46.5 Å². The van der Waals surface area contributed by atoms with Crippen molar-refractivity contribution in [2.24, 2.45) is 11.3 Å². The van der Waals surface area contributed by atoms with Gasteiger partial charge in [-0.15, -0.1) is 0 Å². The Balaban J connectivity index is 1.96. The summed E-state index contributed by atoms with van der Waals surface area (Å²) in [5, 5.41) is 16.8. The first-order valence-electron chi connectivity index (χ1n) is 13.7. The van der Waals surface area contributed by atoms with E-state index in [0.29, 0.717) is 25.7 Å². The van der Waals surface area contributed by atoms with Gasteiger partial charge in [0.05, 0.1) is 33.5 Å². The number of sulfone groups is 1. The first kappa shape index (κ1) is 35.0. The van der Waals surface area contributed by atoms with Crippen LogP contribution in [0.4, 0.5) is 22.0 Å². The summed E-state index contributed by atoms with van der Waals surface area (Å²) < 4.78 is 96.9. The topological polar surface area (TPSA) is 111 Å². The molecule has 0 unspecified atom stereocenters. The zero-order chi connectivity index (χ0) is 32.5. The molecule has 0 aliphatic heterocycles. The van der Waals surface area contributed by atoms with Crippen molar-refractivity contribution < 1.29 is 45.0 Å². The summed E-state index contributed by atoms with van der Waals surface area (Å²) in [6.07, 6.45) is -1.73. The molecule has 1 aliphatic carbocycles. The molecule has 1 aromatic heterocycles. The van der Waals surface area contributed by atoms with Crippen LogP contribution in [0.15, 0.2) is 18.2 Å². The van der Waals surface area contributed by atoms with Crippen LogP contribution in [0.1, 0.15) is 69.4 Å². The van der Waals surface area contributed by atoms with E-state index < -0.39 is 57.0 Å². The number of amides is 1. The summed E-state index contributed by atoms with van der Waals surface area (Å²) in [6.45, 7) is 1.58. The van der Waals surface area contributed by atoms with Crippen molar-refractivity contribution in [2.75, 3.05) is 12.8 Å². The van der Waals surface area contributed by atoms with E-state index in [1.54, 1.807) is 0 Å². The maximum absolute atomic E-state index is 13.5. The number of ether oxygens (including phenoxy) is 1. The second kappa shape index (κ2) is 12.9. The number of hydrogen-bond donors (Lipinski definition) is 2. The van der Waals surface area contributed by atoms with Gasteiger partial charge in [-0.05, 0) is 69.6 Å². The molecule has 1 amide bonds. The van der Waals surface area contributed by atoms with Gasteiger partial charge in [-0.25, -0.2) is 8.42 Å². The molecule has 1 aromatic carbocycles. The lowest BCUT2D eigenvalue weighted by molar-refractivity contribution is -0.211. The van der Waals surface area contributed by atoms with Gasteiger partial charge in [0.1, 0.15) is 15.6 Å². The number of nitrogens with zero attached hydrogens (tertiary/aromatic N) is 2. The molecule has 242 valence electrons. The number of nitrogens with one attached hydrogen (secondary N) is 1. The third-order valence-electron chi connectivity index (χ3n) is 7.53. The molecule has 0 bridgehead atoms. The summed E-state index contributed by atoms with van der Waals surface area (Å²) in [4.78, 5) is 13.2. The summed E-state index contributed by atoms with van der Waals surface area (Å²) in [5.74, 6) is -1.12. The Bertz CT molecular complexity index is 1410. The predicted octanol–water partition coefficient (Wildman–Crippen LogP) is 6.04. The van der Waals surface area contributed by atoms with Gasteiger partial charge in [0.25, 0.3) is 5.91 Å². The maximum atomic E-state index is 13.5. The number of rotatable bonds is 11. The van der Waals surface area contributed by atoms with E-state index in [0.717, 1.165) is 19.9 Å². The van der Waals surface area contributed by atoms with Gasteiger partial charge in [-0.3, -0.25) is 9.48 Å². The molecule has 1 heterocycles. The van der Waals surface area contributed by atoms with Crippen LogP contribution < -0.4 is 10.1 Å². The van der Waals surface area contributed by atoms with Crippen LogP contribution in [0.25, 0.3) is 11.3 Å². The standard InChI is InChI=1S/C28H37ClF5N3O5S/c1-26(2,28(32,33)34)13-17-8-11-19(20(12-17)42-25(30)31)23-21(29)22(36-37(23)15-27(3,4)39)24(38)35-14-16-6-9-18(10-7-16)43(5,40)41/h8,11-12,16,18,25,39H,6-7,9-10,13-15H2,1-5H3,(H,35,38). The molecular weight excluding hydrogens is 621 g/mol. The molecule has 1 aliphatic rings. The number of aliphatic hydroxyl groups is 1. The van der Waals surface area contributed by atoms with Crippen molar-refractivity contribution in [3.8, 4) is 17.0 Å². The molecule has 1 saturated carbocycles. The maximum Gasteiger partial charge on any atom is 0.394 e. The van der Waals surface area contributed by atoms with E-state index in [4.69, 9.17) is 11.6 Å². The highest BCUT2D eigenvalue weighted by atomic mass is 35.5. The summed E-state index contributed by atoms with van der Waals surface area (Å²) in [7, 11) is -3.15. The largest absolute Gasteiger partial charge is 0.434 e. The number of benzene rings is 1. The van der Waals surface area contributed by atoms with Gasteiger partial charge in [0.2, 0.25) is 0 Å². The highest BCUT2D eigenvalue weighted by Gasteiger charge is 2.47. The van der Waals surface area contributed by atoms with Crippen molar-refractivity contribution >= 4 is 27.3 Å². The van der Waals surface area contributed by atoms with Gasteiger partial charge in [-0.2, -0.15) is 27.1 Å². The van der Waals surface area contributed by atoms with Crippen molar-refractivity contribution in [3.05, 3.63) is 34.5 Å². The fourth-order valence-electron chi connectivity index (χ4n) is 5.08. The average molecular weight is 658 g/mol. The zero-order valence-electron chi connectivity index (χ0n) is 24.6. The number of aromatic nitrogens is 2. The van der Waals surface area contributed by atoms with Crippen LogP contribution in [-0.4, -0.2) is 65.7 Å². The van der Waals surface area contributed by atoms with Gasteiger partial charge < -0.3 is 15.2 Å². The van der Waals surface area contributed by atoms with Crippen LogP contribution in [0, 0.1) is 11.3 Å². The third kappa shape index (κ3) is 9.04. The molecule has 15 heteroatoms. The van der Waals surface area contributed by atoms with Gasteiger partial charge in [0.15, 0.2) is 5.69 Å².